The summed E-state index contributed by atoms with van der Waals surface area (Å²) in [6.07, 6.45) is 0.523. The molecule has 2 rings (SSSR count). The van der Waals surface area contributed by atoms with Crippen LogP contribution in [0.1, 0.15) is 17.5 Å². The zero-order valence-corrected chi connectivity index (χ0v) is 23.3. The molecule has 0 saturated carbocycles. The molecule has 2 aromatic rings. The number of rotatable bonds is 18. The Balaban J connectivity index is 2.18. The van der Waals surface area contributed by atoms with E-state index in [9.17, 15) is 19.8 Å². The van der Waals surface area contributed by atoms with Gasteiger partial charge in [-0.15, -0.1) is 0 Å². The van der Waals surface area contributed by atoms with Crippen molar-refractivity contribution in [3.63, 3.8) is 0 Å². The Morgan fingerprint density at radius 2 is 0.897 bits per heavy atom. The molecule has 216 valence electrons. The molecule has 0 spiro atoms. The summed E-state index contributed by atoms with van der Waals surface area (Å²) in [5.74, 6) is 0.846. The maximum absolute atomic E-state index is 11.6. The quantitative estimate of drug-likeness (QED) is 0.282. The van der Waals surface area contributed by atoms with Gasteiger partial charge in [-0.3, -0.25) is 19.4 Å². The van der Waals surface area contributed by atoms with Crippen LogP contribution in [0.15, 0.2) is 24.3 Å². The molecule has 0 aliphatic heterocycles. The molecular weight excluding hydrogens is 512 g/mol. The molecule has 0 aliphatic carbocycles. The molecule has 0 bridgehead atoms. The first-order chi connectivity index (χ1) is 18.7. The zero-order valence-electron chi connectivity index (χ0n) is 23.3. The van der Waals surface area contributed by atoms with Crippen LogP contribution in [0.2, 0.25) is 0 Å². The molecule has 2 aromatic carbocycles. The largest absolute Gasteiger partial charge is 0.493 e. The molecular formula is C27H38N2O10. The lowest BCUT2D eigenvalue weighted by Crippen LogP contribution is -2.35. The van der Waals surface area contributed by atoms with Crippen LogP contribution in [0, 0.1) is 0 Å². The summed E-state index contributed by atoms with van der Waals surface area (Å²) in [7, 11) is 9.08. The molecule has 0 aromatic heterocycles. The highest BCUT2D eigenvalue weighted by molar-refractivity contribution is 5.69. The second-order valence-electron chi connectivity index (χ2n) is 8.63. The number of benzene rings is 2. The van der Waals surface area contributed by atoms with Gasteiger partial charge in [-0.1, -0.05) is 0 Å². The first-order valence-corrected chi connectivity index (χ1v) is 12.2. The Kier molecular flexibility index (Phi) is 12.4. The smallest absolute Gasteiger partial charge is 0.317 e. The van der Waals surface area contributed by atoms with Gasteiger partial charge in [0.25, 0.3) is 0 Å². The van der Waals surface area contributed by atoms with Crippen LogP contribution in [0.25, 0.3) is 0 Å². The van der Waals surface area contributed by atoms with Crippen molar-refractivity contribution in [2.24, 2.45) is 0 Å². The van der Waals surface area contributed by atoms with E-state index >= 15 is 0 Å². The minimum absolute atomic E-state index is 0.192. The maximum Gasteiger partial charge on any atom is 0.317 e. The van der Waals surface area contributed by atoms with Gasteiger partial charge >= 0.3 is 11.9 Å². The van der Waals surface area contributed by atoms with Gasteiger partial charge in [-0.2, -0.15) is 0 Å². The summed E-state index contributed by atoms with van der Waals surface area (Å²) in [6, 6.07) is 7.10. The average Bonchev–Trinajstić information content (AvgIpc) is 2.90. The first-order valence-electron chi connectivity index (χ1n) is 12.2. The molecule has 0 heterocycles. The van der Waals surface area contributed by atoms with Crippen molar-refractivity contribution in [3.8, 4) is 34.5 Å². The van der Waals surface area contributed by atoms with Gasteiger partial charge in [0.15, 0.2) is 23.0 Å². The predicted octanol–water partition coefficient (Wildman–Crippen LogP) is 2.60. The van der Waals surface area contributed by atoms with Crippen LogP contribution >= 0.6 is 0 Å². The van der Waals surface area contributed by atoms with E-state index < -0.39 is 11.9 Å². The lowest BCUT2D eigenvalue weighted by atomic mass is 10.1. The summed E-state index contributed by atoms with van der Waals surface area (Å²) in [5, 5.41) is 19.0. The summed E-state index contributed by atoms with van der Waals surface area (Å²) in [4.78, 5) is 26.7. The lowest BCUT2D eigenvalue weighted by molar-refractivity contribution is -0.139. The Morgan fingerprint density at radius 3 is 1.13 bits per heavy atom. The first kappa shape index (κ1) is 31.3. The van der Waals surface area contributed by atoms with Gasteiger partial charge < -0.3 is 38.6 Å². The van der Waals surface area contributed by atoms with E-state index in [4.69, 9.17) is 28.4 Å². The summed E-state index contributed by atoms with van der Waals surface area (Å²) in [6.45, 7) is 1.07. The summed E-state index contributed by atoms with van der Waals surface area (Å²) < 4.78 is 32.4. The molecule has 0 atom stereocenters. The highest BCUT2D eigenvalue weighted by Gasteiger charge is 2.19. The van der Waals surface area contributed by atoms with Crippen LogP contribution in [-0.2, 0) is 22.7 Å². The van der Waals surface area contributed by atoms with Crippen molar-refractivity contribution in [1.29, 1.82) is 0 Å². The van der Waals surface area contributed by atoms with E-state index in [0.717, 1.165) is 11.1 Å². The zero-order chi connectivity index (χ0) is 28.9. The van der Waals surface area contributed by atoms with Gasteiger partial charge in [0.1, 0.15) is 0 Å². The van der Waals surface area contributed by atoms with Crippen molar-refractivity contribution < 1.29 is 48.2 Å². The van der Waals surface area contributed by atoms with Crippen LogP contribution in [0.5, 0.6) is 34.5 Å². The minimum Gasteiger partial charge on any atom is -0.493 e. The Morgan fingerprint density at radius 1 is 0.590 bits per heavy atom. The van der Waals surface area contributed by atoms with Gasteiger partial charge in [-0.25, -0.2) is 0 Å². The van der Waals surface area contributed by atoms with Crippen LogP contribution in [0.3, 0.4) is 0 Å². The Hall–Kier alpha value is -3.90. The van der Waals surface area contributed by atoms with Crippen molar-refractivity contribution in [3.05, 3.63) is 35.4 Å². The molecule has 0 radical (unpaired) electrons. The topological polar surface area (TPSA) is 136 Å². The van der Waals surface area contributed by atoms with E-state index in [1.807, 2.05) is 0 Å². The number of carboxylic acid groups (broad SMARTS) is 2. The number of ether oxygens (including phenoxy) is 6. The molecule has 2 N–H and O–H groups in total. The summed E-state index contributed by atoms with van der Waals surface area (Å²) >= 11 is 0. The van der Waals surface area contributed by atoms with Gasteiger partial charge in [-0.05, 0) is 41.8 Å². The molecule has 0 unspecified atom stereocenters. The normalized spacial score (nSPS) is 10.9. The van der Waals surface area contributed by atoms with Crippen molar-refractivity contribution in [2.75, 3.05) is 68.8 Å². The Bertz CT molecular complexity index is 972. The third-order valence-electron chi connectivity index (χ3n) is 5.93. The molecule has 0 amide bonds. The average molecular weight is 551 g/mol. The fraction of sp³-hybridized carbons (Fsp3) is 0.481. The SMILES string of the molecule is COc1cc(CN(CCCN(CC(=O)O)Cc2cc(OC)c(OC)c(OC)c2)CC(=O)O)cc(OC)c1OC. The van der Waals surface area contributed by atoms with E-state index in [1.165, 1.54) is 42.7 Å². The predicted molar refractivity (Wildman–Crippen MR) is 143 cm³/mol. The second kappa shape index (κ2) is 15.5. The summed E-state index contributed by atoms with van der Waals surface area (Å²) in [5.41, 5.74) is 1.57. The highest BCUT2D eigenvalue weighted by atomic mass is 16.5. The number of carbonyl (C=O) groups is 2. The van der Waals surface area contributed by atoms with Crippen molar-refractivity contribution in [1.82, 2.24) is 9.80 Å². The number of hydrogen-bond acceptors (Lipinski definition) is 10. The monoisotopic (exact) mass is 550 g/mol. The van der Waals surface area contributed by atoms with E-state index in [-0.39, 0.29) is 13.1 Å². The number of aliphatic carboxylic acids is 2. The van der Waals surface area contributed by atoms with Crippen molar-refractivity contribution in [2.45, 2.75) is 19.5 Å². The van der Waals surface area contributed by atoms with Crippen LogP contribution in [-0.4, -0.2) is 101 Å². The van der Waals surface area contributed by atoms with E-state index in [2.05, 4.69) is 0 Å². The van der Waals surface area contributed by atoms with Gasteiger partial charge in [0, 0.05) is 26.2 Å². The maximum atomic E-state index is 11.6. The van der Waals surface area contributed by atoms with Crippen LogP contribution < -0.4 is 28.4 Å². The van der Waals surface area contributed by atoms with Crippen LogP contribution in [0.4, 0.5) is 0 Å². The number of hydrogen-bond donors (Lipinski definition) is 2. The molecule has 12 nitrogen and oxygen atoms in total. The molecule has 0 fully saturated rings. The lowest BCUT2D eigenvalue weighted by Gasteiger charge is -2.25. The minimum atomic E-state index is -0.970. The number of carboxylic acids is 2. The number of methoxy groups -OCH3 is 6. The van der Waals surface area contributed by atoms with Gasteiger partial charge in [0.2, 0.25) is 11.5 Å². The van der Waals surface area contributed by atoms with E-state index in [0.29, 0.717) is 67.1 Å². The number of nitrogens with zero attached hydrogens (tertiary/aromatic N) is 2. The Labute approximate surface area is 228 Å². The third kappa shape index (κ3) is 9.11. The molecule has 39 heavy (non-hydrogen) atoms. The molecule has 0 saturated heterocycles. The van der Waals surface area contributed by atoms with Gasteiger partial charge in [0.05, 0.1) is 55.7 Å². The highest BCUT2D eigenvalue weighted by Crippen LogP contribution is 2.39. The third-order valence-corrected chi connectivity index (χ3v) is 5.93. The van der Waals surface area contributed by atoms with Crippen molar-refractivity contribution >= 4 is 11.9 Å². The second-order valence-corrected chi connectivity index (χ2v) is 8.63. The fourth-order valence-electron chi connectivity index (χ4n) is 4.30. The molecule has 0 aliphatic rings. The van der Waals surface area contributed by atoms with E-state index in [1.54, 1.807) is 34.1 Å². The standard InChI is InChI=1S/C27H38N2O10/c1-34-20-10-18(11-21(35-2)26(20)38-5)14-28(16-24(30)31)8-7-9-29(17-25(32)33)15-19-12-22(36-3)27(39-6)23(13-19)37-4/h10-13H,7-9,14-17H2,1-6H3,(H,30,31)(H,32,33). The molecule has 12 heteroatoms. The fourth-order valence-corrected chi connectivity index (χ4v) is 4.30.